The van der Waals surface area contributed by atoms with Gasteiger partial charge in [0.25, 0.3) is 0 Å². The van der Waals surface area contributed by atoms with Crippen LogP contribution >= 0.6 is 23.4 Å². The zero-order chi connectivity index (χ0) is 10.7. The number of thioether (sulfide) groups is 1. The minimum atomic E-state index is -0.975. The molecule has 0 aliphatic rings. The molecule has 0 unspecified atom stereocenters. The number of carboxylic acid groups (broad SMARTS) is 1. The summed E-state index contributed by atoms with van der Waals surface area (Å²) in [5.74, 6) is -0.975. The van der Waals surface area contributed by atoms with Crippen LogP contribution < -0.4 is 0 Å². The van der Waals surface area contributed by atoms with Crippen LogP contribution in [0.5, 0.6) is 0 Å². The summed E-state index contributed by atoms with van der Waals surface area (Å²) in [4.78, 5) is 14.8. The lowest BCUT2D eigenvalue weighted by Crippen LogP contribution is -2.02. The minimum absolute atomic E-state index is 0.202. The second-order valence-corrected chi connectivity index (χ2v) is 4.91. The van der Waals surface area contributed by atoms with Crippen LogP contribution in [-0.4, -0.2) is 21.3 Å². The van der Waals surface area contributed by atoms with Gasteiger partial charge in [0.05, 0.1) is 5.56 Å². The number of hydrogen-bond acceptors (Lipinski definition) is 3. The van der Waals surface area contributed by atoms with E-state index in [1.54, 1.807) is 0 Å². The van der Waals surface area contributed by atoms with Crippen molar-refractivity contribution in [3.8, 4) is 0 Å². The number of halogens is 1. The smallest absolute Gasteiger partial charge is 0.338 e. The zero-order valence-corrected chi connectivity index (χ0v) is 9.39. The van der Waals surface area contributed by atoms with Gasteiger partial charge in [0, 0.05) is 5.25 Å². The fourth-order valence-electron chi connectivity index (χ4n) is 0.894. The topological polar surface area (TPSA) is 50.2 Å². The molecule has 0 atom stereocenters. The summed E-state index contributed by atoms with van der Waals surface area (Å²) in [6, 6.07) is 2.96. The molecule has 1 aromatic heterocycles. The van der Waals surface area contributed by atoms with Gasteiger partial charge in [0.15, 0.2) is 0 Å². The number of rotatable bonds is 3. The third kappa shape index (κ3) is 2.89. The minimum Gasteiger partial charge on any atom is -0.478 e. The van der Waals surface area contributed by atoms with Crippen molar-refractivity contribution in [3.63, 3.8) is 0 Å². The number of nitrogens with zero attached hydrogens (tertiary/aromatic N) is 1. The van der Waals surface area contributed by atoms with E-state index in [0.29, 0.717) is 10.2 Å². The predicted octanol–water partition coefficient (Wildman–Crippen LogP) is 2.93. The molecule has 0 saturated heterocycles. The maximum Gasteiger partial charge on any atom is 0.338 e. The maximum atomic E-state index is 10.8. The summed E-state index contributed by atoms with van der Waals surface area (Å²) in [5.41, 5.74) is 0.202. The van der Waals surface area contributed by atoms with Crippen molar-refractivity contribution < 1.29 is 9.90 Å². The van der Waals surface area contributed by atoms with E-state index in [0.717, 1.165) is 0 Å². The van der Waals surface area contributed by atoms with Crippen LogP contribution in [0.1, 0.15) is 24.2 Å². The van der Waals surface area contributed by atoms with E-state index in [-0.39, 0.29) is 10.8 Å². The summed E-state index contributed by atoms with van der Waals surface area (Å²) in [6.45, 7) is 3.94. The van der Waals surface area contributed by atoms with Crippen LogP contribution in [0.25, 0.3) is 0 Å². The average Bonchev–Trinajstić information content (AvgIpc) is 2.01. The molecule has 0 spiro atoms. The van der Waals surface area contributed by atoms with Gasteiger partial charge in [-0.2, -0.15) is 0 Å². The number of carbonyl (C=O) groups is 1. The van der Waals surface area contributed by atoms with Gasteiger partial charge in [0.1, 0.15) is 10.2 Å². The number of carboxylic acids is 1. The van der Waals surface area contributed by atoms with Crippen LogP contribution in [0.2, 0.25) is 5.15 Å². The van der Waals surface area contributed by atoms with E-state index in [2.05, 4.69) is 4.98 Å². The summed E-state index contributed by atoms with van der Waals surface area (Å²) < 4.78 is 0. The second kappa shape index (κ2) is 4.66. The molecular weight excluding hydrogens is 222 g/mol. The van der Waals surface area contributed by atoms with Crippen molar-refractivity contribution in [1.82, 2.24) is 4.98 Å². The molecule has 0 aliphatic carbocycles. The Morgan fingerprint density at radius 1 is 1.57 bits per heavy atom. The van der Waals surface area contributed by atoms with E-state index in [1.807, 2.05) is 13.8 Å². The van der Waals surface area contributed by atoms with E-state index in [9.17, 15) is 4.79 Å². The number of hydrogen-bond donors (Lipinski definition) is 1. The Bertz CT molecular complexity index is 355. The van der Waals surface area contributed by atoms with Gasteiger partial charge in [-0.25, -0.2) is 9.78 Å². The molecule has 1 N–H and O–H groups in total. The molecule has 0 saturated carbocycles. The molecule has 0 radical (unpaired) electrons. The lowest BCUT2D eigenvalue weighted by molar-refractivity contribution is 0.0692. The van der Waals surface area contributed by atoms with Gasteiger partial charge < -0.3 is 5.11 Å². The van der Waals surface area contributed by atoms with Crippen LogP contribution in [0.3, 0.4) is 0 Å². The van der Waals surface area contributed by atoms with Gasteiger partial charge in [0.2, 0.25) is 0 Å². The Morgan fingerprint density at radius 2 is 2.21 bits per heavy atom. The molecule has 1 heterocycles. The summed E-state index contributed by atoms with van der Waals surface area (Å²) in [5, 5.41) is 9.94. The molecule has 3 nitrogen and oxygen atoms in total. The van der Waals surface area contributed by atoms with Gasteiger partial charge in [-0.05, 0) is 12.1 Å². The third-order valence-electron chi connectivity index (χ3n) is 1.40. The first-order valence-electron chi connectivity index (χ1n) is 4.07. The molecular formula is C9H10ClNO2S. The van der Waals surface area contributed by atoms with Crippen LogP contribution in [0, 0.1) is 0 Å². The Kier molecular flexibility index (Phi) is 3.77. The number of aromatic nitrogens is 1. The van der Waals surface area contributed by atoms with Crippen molar-refractivity contribution in [2.45, 2.75) is 24.1 Å². The van der Waals surface area contributed by atoms with Crippen molar-refractivity contribution in [1.29, 1.82) is 0 Å². The molecule has 0 bridgehead atoms. The van der Waals surface area contributed by atoms with Crippen molar-refractivity contribution in [3.05, 3.63) is 22.8 Å². The fourth-order valence-corrected chi connectivity index (χ4v) is 1.97. The highest BCUT2D eigenvalue weighted by atomic mass is 35.5. The van der Waals surface area contributed by atoms with E-state index < -0.39 is 5.97 Å². The molecule has 5 heteroatoms. The highest BCUT2D eigenvalue weighted by Crippen LogP contribution is 2.26. The predicted molar refractivity (Wildman–Crippen MR) is 57.2 cm³/mol. The first kappa shape index (κ1) is 11.3. The third-order valence-corrected chi connectivity index (χ3v) is 2.62. The standard InChI is InChI=1S/C9H10ClNO2S/c1-5(2)14-8-6(9(12)13)3-4-7(10)11-8/h3-5H,1-2H3,(H,12,13). The molecule has 0 amide bonds. The Morgan fingerprint density at radius 3 is 2.71 bits per heavy atom. The van der Waals surface area contributed by atoms with Crippen molar-refractivity contribution >= 4 is 29.3 Å². The lowest BCUT2D eigenvalue weighted by Gasteiger charge is -2.07. The van der Waals surface area contributed by atoms with E-state index >= 15 is 0 Å². The molecule has 76 valence electrons. The maximum absolute atomic E-state index is 10.8. The Labute approximate surface area is 91.5 Å². The Hall–Kier alpha value is -0.740. The second-order valence-electron chi connectivity index (χ2n) is 2.96. The van der Waals surface area contributed by atoms with E-state index in [1.165, 1.54) is 23.9 Å². The van der Waals surface area contributed by atoms with Gasteiger partial charge in [-0.15, -0.1) is 11.8 Å². The van der Waals surface area contributed by atoms with Gasteiger partial charge in [-0.1, -0.05) is 25.4 Å². The summed E-state index contributed by atoms with van der Waals surface area (Å²) in [7, 11) is 0. The van der Waals surface area contributed by atoms with Crippen LogP contribution in [-0.2, 0) is 0 Å². The quantitative estimate of drug-likeness (QED) is 0.642. The number of aromatic carboxylic acids is 1. The lowest BCUT2D eigenvalue weighted by atomic mass is 10.3. The first-order valence-corrected chi connectivity index (χ1v) is 5.33. The monoisotopic (exact) mass is 231 g/mol. The molecule has 1 aromatic rings. The average molecular weight is 232 g/mol. The SMILES string of the molecule is CC(C)Sc1nc(Cl)ccc1C(=O)O. The van der Waals surface area contributed by atoms with Gasteiger partial charge in [-0.3, -0.25) is 0 Å². The highest BCUT2D eigenvalue weighted by molar-refractivity contribution is 7.99. The molecule has 0 aromatic carbocycles. The highest BCUT2D eigenvalue weighted by Gasteiger charge is 2.13. The molecule has 0 aliphatic heterocycles. The van der Waals surface area contributed by atoms with Crippen molar-refractivity contribution in [2.75, 3.05) is 0 Å². The largest absolute Gasteiger partial charge is 0.478 e. The molecule has 14 heavy (non-hydrogen) atoms. The molecule has 1 rings (SSSR count). The molecule has 0 fully saturated rings. The van der Waals surface area contributed by atoms with Crippen LogP contribution in [0.15, 0.2) is 17.2 Å². The number of pyridine rings is 1. The first-order chi connectivity index (χ1) is 6.50. The Balaban J connectivity index is 3.09. The zero-order valence-electron chi connectivity index (χ0n) is 7.82. The van der Waals surface area contributed by atoms with Crippen molar-refractivity contribution in [2.24, 2.45) is 0 Å². The normalized spacial score (nSPS) is 10.6. The van der Waals surface area contributed by atoms with Gasteiger partial charge >= 0.3 is 5.97 Å². The van der Waals surface area contributed by atoms with Crippen LogP contribution in [0.4, 0.5) is 0 Å². The summed E-state index contributed by atoms with van der Waals surface area (Å²) >= 11 is 7.08. The van der Waals surface area contributed by atoms with E-state index in [4.69, 9.17) is 16.7 Å². The fraction of sp³-hybridized carbons (Fsp3) is 0.333. The summed E-state index contributed by atoms with van der Waals surface area (Å²) in [6.07, 6.45) is 0.